The fraction of sp³-hybridized carbons (Fsp3) is 0.500. The molecule has 1 aromatic rings. The van der Waals surface area contributed by atoms with E-state index in [4.69, 9.17) is 9.47 Å². The Morgan fingerprint density at radius 3 is 2.74 bits per heavy atom. The third kappa shape index (κ3) is 3.17. The molecule has 0 spiro atoms. The standard InChI is InChI=1S/C14H19NO4/c1-14(2,17)13(16)15(3)7-6-10-4-5-11-12(8-10)19-9-18-11/h4-5,8,17H,6-7,9H2,1-3H3. The van der Waals surface area contributed by atoms with E-state index in [1.165, 1.54) is 18.7 Å². The van der Waals surface area contributed by atoms with Crippen molar-refractivity contribution in [3.05, 3.63) is 23.8 Å². The first-order chi connectivity index (χ1) is 8.88. The second-order valence-electron chi connectivity index (χ2n) is 5.22. The molecule has 5 nitrogen and oxygen atoms in total. The monoisotopic (exact) mass is 265 g/mol. The highest BCUT2D eigenvalue weighted by molar-refractivity contribution is 5.83. The van der Waals surface area contributed by atoms with Crippen molar-refractivity contribution >= 4 is 5.91 Å². The van der Waals surface area contributed by atoms with E-state index in [1.807, 2.05) is 18.2 Å². The highest BCUT2D eigenvalue weighted by Gasteiger charge is 2.27. The molecule has 1 N–H and O–H groups in total. The van der Waals surface area contributed by atoms with Gasteiger partial charge in [-0.25, -0.2) is 0 Å². The average Bonchev–Trinajstić information content (AvgIpc) is 2.81. The first-order valence-corrected chi connectivity index (χ1v) is 6.24. The third-order valence-electron chi connectivity index (χ3n) is 3.04. The number of rotatable bonds is 4. The number of ether oxygens (including phenoxy) is 2. The summed E-state index contributed by atoms with van der Waals surface area (Å²) in [5.74, 6) is 1.21. The van der Waals surface area contributed by atoms with E-state index in [1.54, 1.807) is 7.05 Å². The fourth-order valence-corrected chi connectivity index (χ4v) is 1.96. The number of carbonyl (C=O) groups excluding carboxylic acids is 1. The van der Waals surface area contributed by atoms with Gasteiger partial charge in [0, 0.05) is 13.6 Å². The van der Waals surface area contributed by atoms with Gasteiger partial charge in [-0.15, -0.1) is 0 Å². The van der Waals surface area contributed by atoms with Gasteiger partial charge in [0.1, 0.15) is 5.60 Å². The van der Waals surface area contributed by atoms with Gasteiger partial charge in [-0.2, -0.15) is 0 Å². The van der Waals surface area contributed by atoms with Crippen molar-refractivity contribution in [2.24, 2.45) is 0 Å². The number of nitrogens with zero attached hydrogens (tertiary/aromatic N) is 1. The number of benzene rings is 1. The van der Waals surface area contributed by atoms with Gasteiger partial charge in [-0.1, -0.05) is 6.07 Å². The molecule has 0 aliphatic carbocycles. The van der Waals surface area contributed by atoms with Crippen LogP contribution < -0.4 is 9.47 Å². The number of likely N-dealkylation sites (N-methyl/N-ethyl adjacent to an activating group) is 1. The predicted molar refractivity (Wildman–Crippen MR) is 70.2 cm³/mol. The van der Waals surface area contributed by atoms with Gasteiger partial charge in [0.25, 0.3) is 5.91 Å². The average molecular weight is 265 g/mol. The Balaban J connectivity index is 1.94. The number of fused-ring (bicyclic) bond motifs is 1. The van der Waals surface area contributed by atoms with Gasteiger partial charge in [0.05, 0.1) is 0 Å². The number of carbonyl (C=O) groups is 1. The van der Waals surface area contributed by atoms with Crippen LogP contribution in [0, 0.1) is 0 Å². The van der Waals surface area contributed by atoms with Crippen molar-refractivity contribution in [1.29, 1.82) is 0 Å². The van der Waals surface area contributed by atoms with E-state index in [2.05, 4.69) is 0 Å². The van der Waals surface area contributed by atoms with Crippen LogP contribution in [0.5, 0.6) is 11.5 Å². The lowest BCUT2D eigenvalue weighted by atomic mass is 10.1. The first-order valence-electron chi connectivity index (χ1n) is 6.24. The largest absolute Gasteiger partial charge is 0.454 e. The minimum Gasteiger partial charge on any atom is -0.454 e. The molecule has 1 aromatic carbocycles. The van der Waals surface area contributed by atoms with Crippen molar-refractivity contribution in [3.63, 3.8) is 0 Å². The van der Waals surface area contributed by atoms with Gasteiger partial charge in [-0.05, 0) is 38.0 Å². The molecule has 104 valence electrons. The molecule has 1 heterocycles. The summed E-state index contributed by atoms with van der Waals surface area (Å²) in [6.45, 7) is 3.79. The van der Waals surface area contributed by atoms with E-state index in [-0.39, 0.29) is 12.7 Å². The van der Waals surface area contributed by atoms with Crippen molar-refractivity contribution in [2.45, 2.75) is 25.9 Å². The lowest BCUT2D eigenvalue weighted by molar-refractivity contribution is -0.146. The van der Waals surface area contributed by atoms with Gasteiger partial charge in [0.2, 0.25) is 6.79 Å². The predicted octanol–water partition coefficient (Wildman–Crippen LogP) is 1.19. The lowest BCUT2D eigenvalue weighted by Crippen LogP contribution is -2.43. The normalized spacial score (nSPS) is 13.5. The summed E-state index contributed by atoms with van der Waals surface area (Å²) < 4.78 is 10.5. The van der Waals surface area contributed by atoms with Gasteiger partial charge >= 0.3 is 0 Å². The SMILES string of the molecule is CN(CCc1ccc2c(c1)OCO2)C(=O)C(C)(C)O. The molecule has 19 heavy (non-hydrogen) atoms. The number of amides is 1. The Morgan fingerprint density at radius 2 is 2.05 bits per heavy atom. The maximum absolute atomic E-state index is 11.8. The smallest absolute Gasteiger partial charge is 0.253 e. The van der Waals surface area contributed by atoms with Crippen LogP contribution in [-0.4, -0.2) is 41.9 Å². The van der Waals surface area contributed by atoms with E-state index in [9.17, 15) is 9.90 Å². The van der Waals surface area contributed by atoms with Gasteiger partial charge in [0.15, 0.2) is 11.5 Å². The molecule has 0 unspecified atom stereocenters. The Bertz CT molecular complexity index is 479. The van der Waals surface area contributed by atoms with Crippen molar-refractivity contribution in [2.75, 3.05) is 20.4 Å². The number of hydrogen-bond acceptors (Lipinski definition) is 4. The summed E-state index contributed by atoms with van der Waals surface area (Å²) in [6, 6.07) is 5.75. The first kappa shape index (κ1) is 13.7. The maximum atomic E-state index is 11.8. The Hall–Kier alpha value is -1.75. The van der Waals surface area contributed by atoms with Crippen LogP contribution in [0.4, 0.5) is 0 Å². The zero-order chi connectivity index (χ0) is 14.0. The molecule has 1 aliphatic rings. The number of hydrogen-bond donors (Lipinski definition) is 1. The van der Waals surface area contributed by atoms with E-state index < -0.39 is 5.60 Å². The van der Waals surface area contributed by atoms with Gasteiger partial charge in [-0.3, -0.25) is 4.79 Å². The van der Waals surface area contributed by atoms with E-state index in [0.717, 1.165) is 17.1 Å². The molecule has 1 aliphatic heterocycles. The van der Waals surface area contributed by atoms with Crippen LogP contribution in [0.3, 0.4) is 0 Å². The quantitative estimate of drug-likeness (QED) is 0.888. The number of aliphatic hydroxyl groups is 1. The minimum atomic E-state index is -1.33. The Kier molecular flexibility index (Phi) is 3.66. The van der Waals surface area contributed by atoms with Crippen molar-refractivity contribution in [1.82, 2.24) is 4.90 Å². The van der Waals surface area contributed by atoms with Crippen molar-refractivity contribution < 1.29 is 19.4 Å². The van der Waals surface area contributed by atoms with E-state index >= 15 is 0 Å². The second kappa shape index (κ2) is 5.09. The van der Waals surface area contributed by atoms with Crippen LogP contribution in [0.15, 0.2) is 18.2 Å². The highest BCUT2D eigenvalue weighted by Crippen LogP contribution is 2.32. The third-order valence-corrected chi connectivity index (χ3v) is 3.04. The molecular weight excluding hydrogens is 246 g/mol. The summed E-state index contributed by atoms with van der Waals surface area (Å²) in [5, 5.41) is 9.65. The fourth-order valence-electron chi connectivity index (χ4n) is 1.96. The Morgan fingerprint density at radius 1 is 1.37 bits per heavy atom. The summed E-state index contributed by atoms with van der Waals surface area (Å²) >= 11 is 0. The molecule has 0 atom stereocenters. The molecule has 0 saturated carbocycles. The molecule has 2 rings (SSSR count). The lowest BCUT2D eigenvalue weighted by Gasteiger charge is -2.24. The molecule has 0 saturated heterocycles. The van der Waals surface area contributed by atoms with Crippen LogP contribution in [0.25, 0.3) is 0 Å². The second-order valence-corrected chi connectivity index (χ2v) is 5.22. The van der Waals surface area contributed by atoms with Crippen LogP contribution in [-0.2, 0) is 11.2 Å². The summed E-state index contributed by atoms with van der Waals surface area (Å²) in [6.07, 6.45) is 0.703. The summed E-state index contributed by atoms with van der Waals surface area (Å²) in [4.78, 5) is 13.3. The minimum absolute atomic E-state index is 0.260. The molecule has 5 heteroatoms. The zero-order valence-corrected chi connectivity index (χ0v) is 11.5. The van der Waals surface area contributed by atoms with Crippen LogP contribution in [0.1, 0.15) is 19.4 Å². The van der Waals surface area contributed by atoms with Crippen LogP contribution in [0.2, 0.25) is 0 Å². The molecule has 0 aromatic heterocycles. The van der Waals surface area contributed by atoms with Crippen LogP contribution >= 0.6 is 0 Å². The highest BCUT2D eigenvalue weighted by atomic mass is 16.7. The zero-order valence-electron chi connectivity index (χ0n) is 11.5. The summed E-state index contributed by atoms with van der Waals surface area (Å²) in [5.41, 5.74) is -0.261. The van der Waals surface area contributed by atoms with Gasteiger partial charge < -0.3 is 19.5 Å². The van der Waals surface area contributed by atoms with E-state index in [0.29, 0.717) is 13.0 Å². The molecular formula is C14H19NO4. The molecule has 0 radical (unpaired) electrons. The molecule has 0 bridgehead atoms. The Labute approximate surface area is 112 Å². The maximum Gasteiger partial charge on any atom is 0.253 e. The molecule has 0 fully saturated rings. The molecule has 1 amide bonds. The van der Waals surface area contributed by atoms with Crippen molar-refractivity contribution in [3.8, 4) is 11.5 Å². The topological polar surface area (TPSA) is 59.0 Å². The summed E-state index contributed by atoms with van der Waals surface area (Å²) in [7, 11) is 1.69.